The van der Waals surface area contributed by atoms with E-state index in [1.165, 1.54) is 8.61 Å². The van der Waals surface area contributed by atoms with E-state index in [0.717, 1.165) is 5.75 Å². The molecule has 2 aliphatic rings. The molecule has 134 valence electrons. The summed E-state index contributed by atoms with van der Waals surface area (Å²) in [5, 5.41) is 0. The number of hydrogen-bond acceptors (Lipinski definition) is 6. The molecule has 1 atom stereocenters. The summed E-state index contributed by atoms with van der Waals surface area (Å²) in [6.45, 7) is 3.08. The van der Waals surface area contributed by atoms with Gasteiger partial charge in [-0.3, -0.25) is 4.79 Å². The standard InChI is InChI=1S/C13H26N4O4S2/c1-22-11-2-12(14)13(18)15-3-5-16(6-4-15)23(19,20)17-7-9-21-10-8-17/h12H,2-11,14H2,1H3/t12-/m0/s1. The van der Waals surface area contributed by atoms with E-state index in [9.17, 15) is 13.2 Å². The van der Waals surface area contributed by atoms with Crippen LogP contribution in [0, 0.1) is 0 Å². The number of carbonyl (C=O) groups is 1. The van der Waals surface area contributed by atoms with Crippen LogP contribution >= 0.6 is 11.8 Å². The molecular weight excluding hydrogens is 340 g/mol. The van der Waals surface area contributed by atoms with Crippen molar-refractivity contribution in [3.8, 4) is 0 Å². The summed E-state index contributed by atoms with van der Waals surface area (Å²) in [6, 6.07) is -0.496. The number of nitrogens with two attached hydrogens (primary N) is 1. The highest BCUT2D eigenvalue weighted by atomic mass is 32.2. The molecule has 8 nitrogen and oxygen atoms in total. The molecule has 0 aromatic carbocycles. The molecule has 0 radical (unpaired) electrons. The fourth-order valence-corrected chi connectivity index (χ4v) is 4.73. The van der Waals surface area contributed by atoms with Gasteiger partial charge >= 0.3 is 0 Å². The van der Waals surface area contributed by atoms with Crippen molar-refractivity contribution in [2.75, 3.05) is 64.5 Å². The Labute approximate surface area is 142 Å². The van der Waals surface area contributed by atoms with E-state index in [1.54, 1.807) is 16.7 Å². The fourth-order valence-electron chi connectivity index (χ4n) is 2.68. The maximum atomic E-state index is 12.6. The summed E-state index contributed by atoms with van der Waals surface area (Å²) in [5.41, 5.74) is 5.91. The molecule has 10 heteroatoms. The molecule has 0 aromatic heterocycles. The first-order valence-electron chi connectivity index (χ1n) is 7.83. The summed E-state index contributed by atoms with van der Waals surface area (Å²) >= 11 is 1.66. The summed E-state index contributed by atoms with van der Waals surface area (Å²) in [7, 11) is -3.45. The van der Waals surface area contributed by atoms with Gasteiger partial charge in [0.05, 0.1) is 19.3 Å². The second kappa shape index (κ2) is 8.63. The van der Waals surface area contributed by atoms with Crippen LogP contribution in [0.15, 0.2) is 0 Å². The second-order valence-corrected chi connectivity index (χ2v) is 8.55. The van der Waals surface area contributed by atoms with Crippen LogP contribution in [0.25, 0.3) is 0 Å². The molecule has 0 spiro atoms. The molecular formula is C13H26N4O4S2. The Bertz CT molecular complexity index is 488. The number of nitrogens with zero attached hydrogens (tertiary/aromatic N) is 3. The molecule has 23 heavy (non-hydrogen) atoms. The molecule has 2 rings (SSSR count). The predicted molar refractivity (Wildman–Crippen MR) is 90.4 cm³/mol. The Morgan fingerprint density at radius 2 is 1.70 bits per heavy atom. The summed E-state index contributed by atoms with van der Waals surface area (Å²) in [4.78, 5) is 13.9. The largest absolute Gasteiger partial charge is 0.379 e. The van der Waals surface area contributed by atoms with Crippen LogP contribution in [0.5, 0.6) is 0 Å². The lowest BCUT2D eigenvalue weighted by molar-refractivity contribution is -0.133. The Balaban J connectivity index is 1.86. The number of thioether (sulfide) groups is 1. The molecule has 2 saturated heterocycles. The second-order valence-electron chi connectivity index (χ2n) is 5.63. The SMILES string of the molecule is CSCC[C@H](N)C(=O)N1CCN(S(=O)(=O)N2CCOCC2)CC1. The average molecular weight is 367 g/mol. The van der Waals surface area contributed by atoms with Crippen molar-refractivity contribution in [1.82, 2.24) is 13.5 Å². The topological polar surface area (TPSA) is 96.2 Å². The van der Waals surface area contributed by atoms with Crippen LogP contribution in [0.3, 0.4) is 0 Å². The molecule has 0 unspecified atom stereocenters. The minimum atomic E-state index is -3.45. The first-order chi connectivity index (χ1) is 11.0. The van der Waals surface area contributed by atoms with Crippen molar-refractivity contribution in [2.24, 2.45) is 5.73 Å². The van der Waals surface area contributed by atoms with E-state index in [2.05, 4.69) is 0 Å². The van der Waals surface area contributed by atoms with Gasteiger partial charge in [-0.15, -0.1) is 0 Å². The van der Waals surface area contributed by atoms with Crippen LogP contribution in [-0.2, 0) is 19.7 Å². The van der Waals surface area contributed by atoms with Gasteiger partial charge in [0.25, 0.3) is 10.2 Å². The van der Waals surface area contributed by atoms with Gasteiger partial charge in [-0.25, -0.2) is 0 Å². The predicted octanol–water partition coefficient (Wildman–Crippen LogP) is -1.21. The van der Waals surface area contributed by atoms with E-state index < -0.39 is 16.3 Å². The minimum absolute atomic E-state index is 0.0810. The van der Waals surface area contributed by atoms with Gasteiger partial charge in [0.15, 0.2) is 0 Å². The quantitative estimate of drug-likeness (QED) is 0.634. The number of ether oxygens (including phenoxy) is 1. The first-order valence-corrected chi connectivity index (χ1v) is 10.6. The normalized spacial score (nSPS) is 23.0. The van der Waals surface area contributed by atoms with Gasteiger partial charge in [-0.2, -0.15) is 28.8 Å². The van der Waals surface area contributed by atoms with Gasteiger partial charge in [-0.1, -0.05) is 0 Å². The Morgan fingerprint density at radius 1 is 1.13 bits per heavy atom. The molecule has 0 saturated carbocycles. The lowest BCUT2D eigenvalue weighted by Gasteiger charge is -2.38. The molecule has 2 fully saturated rings. The monoisotopic (exact) mass is 366 g/mol. The molecule has 0 aromatic rings. The Hall–Kier alpha value is -0.390. The molecule has 2 N–H and O–H groups in total. The lowest BCUT2D eigenvalue weighted by Crippen LogP contribution is -2.57. The van der Waals surface area contributed by atoms with Crippen LogP contribution in [0.1, 0.15) is 6.42 Å². The van der Waals surface area contributed by atoms with Crippen molar-refractivity contribution in [3.05, 3.63) is 0 Å². The summed E-state index contributed by atoms with van der Waals surface area (Å²) < 4.78 is 33.2. The summed E-state index contributed by atoms with van der Waals surface area (Å²) in [5.74, 6) is 0.764. The molecule has 2 heterocycles. The average Bonchev–Trinajstić information content (AvgIpc) is 2.59. The number of carbonyl (C=O) groups excluding carboxylic acids is 1. The highest BCUT2D eigenvalue weighted by molar-refractivity contribution is 7.98. The summed E-state index contributed by atoms with van der Waals surface area (Å²) in [6.07, 6.45) is 2.62. The van der Waals surface area contributed by atoms with Crippen molar-refractivity contribution in [2.45, 2.75) is 12.5 Å². The number of rotatable bonds is 6. The third-order valence-corrected chi connectivity index (χ3v) is 6.80. The molecule has 1 amide bonds. The maximum Gasteiger partial charge on any atom is 0.282 e. The Kier molecular flexibility index (Phi) is 7.11. The van der Waals surface area contributed by atoms with Gasteiger partial charge in [0, 0.05) is 39.3 Å². The molecule has 2 aliphatic heterocycles. The minimum Gasteiger partial charge on any atom is -0.379 e. The van der Waals surface area contributed by atoms with Gasteiger partial charge < -0.3 is 15.4 Å². The van der Waals surface area contributed by atoms with E-state index in [4.69, 9.17) is 10.5 Å². The molecule has 0 bridgehead atoms. The molecule has 0 aliphatic carbocycles. The maximum absolute atomic E-state index is 12.6. The number of piperazine rings is 1. The van der Waals surface area contributed by atoms with Gasteiger partial charge in [0.2, 0.25) is 5.91 Å². The highest BCUT2D eigenvalue weighted by Crippen LogP contribution is 2.15. The zero-order chi connectivity index (χ0) is 16.9. The zero-order valence-electron chi connectivity index (χ0n) is 13.5. The van der Waals surface area contributed by atoms with Crippen molar-refractivity contribution in [1.29, 1.82) is 0 Å². The third-order valence-electron chi connectivity index (χ3n) is 4.12. The smallest absolute Gasteiger partial charge is 0.282 e. The van der Waals surface area contributed by atoms with E-state index >= 15 is 0 Å². The van der Waals surface area contributed by atoms with E-state index in [0.29, 0.717) is 58.9 Å². The van der Waals surface area contributed by atoms with E-state index in [1.807, 2.05) is 6.26 Å². The lowest BCUT2D eigenvalue weighted by atomic mass is 10.2. The van der Waals surface area contributed by atoms with E-state index in [-0.39, 0.29) is 5.91 Å². The van der Waals surface area contributed by atoms with Gasteiger partial charge in [-0.05, 0) is 18.4 Å². The van der Waals surface area contributed by atoms with Crippen molar-refractivity contribution >= 4 is 27.9 Å². The van der Waals surface area contributed by atoms with Crippen LogP contribution in [0.2, 0.25) is 0 Å². The fraction of sp³-hybridized carbons (Fsp3) is 0.923. The number of amides is 1. The van der Waals surface area contributed by atoms with Crippen LogP contribution in [-0.4, -0.2) is 98.4 Å². The van der Waals surface area contributed by atoms with Gasteiger partial charge in [0.1, 0.15) is 0 Å². The third kappa shape index (κ3) is 4.80. The Morgan fingerprint density at radius 3 is 2.26 bits per heavy atom. The van der Waals surface area contributed by atoms with Crippen LogP contribution < -0.4 is 5.73 Å². The van der Waals surface area contributed by atoms with Crippen molar-refractivity contribution < 1.29 is 17.9 Å². The zero-order valence-corrected chi connectivity index (χ0v) is 15.1. The first kappa shape index (κ1) is 18.9. The van der Waals surface area contributed by atoms with Crippen LogP contribution in [0.4, 0.5) is 0 Å². The number of morpholine rings is 1. The highest BCUT2D eigenvalue weighted by Gasteiger charge is 2.34. The number of hydrogen-bond donors (Lipinski definition) is 1. The van der Waals surface area contributed by atoms with Crippen molar-refractivity contribution in [3.63, 3.8) is 0 Å².